The third kappa shape index (κ3) is 2.91. The lowest BCUT2D eigenvalue weighted by atomic mass is 9.54. The second-order valence-electron chi connectivity index (χ2n) is 6.81. The van der Waals surface area contributed by atoms with Gasteiger partial charge in [0.2, 0.25) is 0 Å². The molecule has 0 saturated heterocycles. The largest absolute Gasteiger partial charge is 0.305 e. The van der Waals surface area contributed by atoms with Gasteiger partial charge >= 0.3 is 0 Å². The Labute approximate surface area is 168 Å². The number of nitrogens with zero attached hydrogens (tertiary/aromatic N) is 4. The lowest BCUT2D eigenvalue weighted by Gasteiger charge is -2.47. The van der Waals surface area contributed by atoms with Crippen LogP contribution in [0.15, 0.2) is 29.8 Å². The van der Waals surface area contributed by atoms with Crippen LogP contribution in [0.3, 0.4) is 0 Å². The van der Waals surface area contributed by atoms with E-state index in [0.717, 1.165) is 12.1 Å². The zero-order chi connectivity index (χ0) is 19.8. The molecule has 1 aromatic carbocycles. The van der Waals surface area contributed by atoms with Crippen molar-refractivity contribution in [3.63, 3.8) is 0 Å². The van der Waals surface area contributed by atoms with Crippen molar-refractivity contribution in [1.29, 1.82) is 21.2 Å². The predicted octanol–water partition coefficient (Wildman–Crippen LogP) is 4.16. The lowest BCUT2D eigenvalue weighted by Crippen LogP contribution is -2.52. The topological polar surface area (TPSA) is 98.5 Å². The molecule has 1 N–H and O–H groups in total. The molecule has 0 bridgehead atoms. The van der Waals surface area contributed by atoms with Gasteiger partial charge < -0.3 is 5.41 Å². The van der Waals surface area contributed by atoms with E-state index in [-0.39, 0.29) is 11.6 Å². The molecule has 1 fully saturated rings. The summed E-state index contributed by atoms with van der Waals surface area (Å²) in [5, 5.41) is 39.1. The van der Waals surface area contributed by atoms with Crippen molar-refractivity contribution < 1.29 is 0 Å². The van der Waals surface area contributed by atoms with Crippen LogP contribution in [-0.2, 0) is 0 Å². The monoisotopic (exact) mass is 397 g/mol. The van der Waals surface area contributed by atoms with Crippen molar-refractivity contribution in [1.82, 2.24) is 4.90 Å². The van der Waals surface area contributed by atoms with Crippen molar-refractivity contribution in [2.24, 2.45) is 17.3 Å². The Morgan fingerprint density at radius 2 is 1.96 bits per heavy atom. The van der Waals surface area contributed by atoms with Gasteiger partial charge in [0.05, 0.1) is 23.9 Å². The van der Waals surface area contributed by atoms with Crippen molar-refractivity contribution >= 4 is 28.9 Å². The molecule has 1 saturated carbocycles. The van der Waals surface area contributed by atoms with Gasteiger partial charge in [-0.3, -0.25) is 4.90 Å². The molecule has 3 atom stereocenters. The lowest BCUT2D eigenvalue weighted by molar-refractivity contribution is 0.212. The molecule has 27 heavy (non-hydrogen) atoms. The van der Waals surface area contributed by atoms with Gasteiger partial charge in [0.25, 0.3) is 0 Å². The zero-order valence-electron chi connectivity index (χ0n) is 14.7. The normalized spacial score (nSPS) is 26.9. The Kier molecular flexibility index (Phi) is 5.27. The van der Waals surface area contributed by atoms with Gasteiger partial charge in [-0.05, 0) is 35.9 Å². The fraction of sp³-hybridized carbons (Fsp3) is 0.400. The van der Waals surface area contributed by atoms with Crippen LogP contribution in [0.4, 0.5) is 0 Å². The van der Waals surface area contributed by atoms with Crippen LogP contribution in [0.25, 0.3) is 0 Å². The molecule has 1 unspecified atom stereocenters. The third-order valence-electron chi connectivity index (χ3n) is 5.61. The summed E-state index contributed by atoms with van der Waals surface area (Å²) in [5.41, 5.74) is -0.576. The number of hydrogen-bond acceptors (Lipinski definition) is 5. The van der Waals surface area contributed by atoms with E-state index >= 15 is 0 Å². The van der Waals surface area contributed by atoms with Crippen molar-refractivity contribution in [2.45, 2.75) is 12.8 Å². The Morgan fingerprint density at radius 1 is 1.26 bits per heavy atom. The molecule has 2 aliphatic rings. The summed E-state index contributed by atoms with van der Waals surface area (Å²) in [7, 11) is 0. The number of benzene rings is 1. The Morgan fingerprint density at radius 3 is 2.56 bits per heavy atom. The quantitative estimate of drug-likeness (QED) is 0.756. The molecule has 0 amide bonds. The van der Waals surface area contributed by atoms with E-state index in [0.29, 0.717) is 28.7 Å². The standard InChI is InChI=1S/C20H17Cl2N5/c1-2-27-6-5-13-15(8-23)19(26)20(10-24,11-25)18(16(13)9-27)14-7-12(21)3-4-17(14)22/h3-5,7,15-16,18,26H,2,6,9H2,1H3/t15?,16-,18+/m0/s1. The molecule has 7 heteroatoms. The second-order valence-corrected chi connectivity index (χ2v) is 7.66. The Hall–Kier alpha value is -2.36. The summed E-state index contributed by atoms with van der Waals surface area (Å²) in [6, 6.07) is 11.2. The minimum atomic E-state index is -1.77. The molecule has 1 heterocycles. The highest BCUT2D eigenvalue weighted by Crippen LogP contribution is 2.54. The predicted molar refractivity (Wildman–Crippen MR) is 103 cm³/mol. The Balaban J connectivity index is 2.30. The van der Waals surface area contributed by atoms with Gasteiger partial charge in [-0.15, -0.1) is 0 Å². The molecule has 0 radical (unpaired) electrons. The number of fused-ring (bicyclic) bond motifs is 1. The van der Waals surface area contributed by atoms with Crippen LogP contribution in [0.1, 0.15) is 18.4 Å². The maximum Gasteiger partial charge on any atom is 0.189 e. The molecule has 1 aliphatic heterocycles. The summed E-state index contributed by atoms with van der Waals surface area (Å²) < 4.78 is 0. The van der Waals surface area contributed by atoms with E-state index in [9.17, 15) is 15.8 Å². The average Bonchev–Trinajstić information content (AvgIpc) is 2.69. The van der Waals surface area contributed by atoms with E-state index < -0.39 is 17.3 Å². The molecule has 1 aliphatic carbocycles. The summed E-state index contributed by atoms with van der Waals surface area (Å²) in [6.07, 6.45) is 1.96. The molecule has 1 aromatic rings. The highest BCUT2D eigenvalue weighted by atomic mass is 35.5. The highest BCUT2D eigenvalue weighted by molar-refractivity contribution is 6.33. The molecule has 136 valence electrons. The van der Waals surface area contributed by atoms with Gasteiger partial charge in [-0.25, -0.2) is 0 Å². The number of nitriles is 3. The first kappa shape index (κ1) is 19.4. The molecular formula is C20H17Cl2N5. The molecule has 0 aromatic heterocycles. The van der Waals surface area contributed by atoms with E-state index in [1.54, 1.807) is 18.2 Å². The van der Waals surface area contributed by atoms with Crippen molar-refractivity contribution in [3.8, 4) is 18.2 Å². The maximum atomic E-state index is 10.00. The Bertz CT molecular complexity index is 933. The molecule has 3 rings (SSSR count). The third-order valence-corrected chi connectivity index (χ3v) is 6.19. The SMILES string of the molecule is CCN1CC=C2C(C#N)C(=N)C(C#N)(C#N)[C@H](c3cc(Cl)ccc3Cl)[C@H]2C1. The number of nitrogens with one attached hydrogen (secondary N) is 1. The molecule has 0 spiro atoms. The summed E-state index contributed by atoms with van der Waals surface area (Å²) >= 11 is 12.6. The van der Waals surface area contributed by atoms with Gasteiger partial charge in [-0.1, -0.05) is 36.2 Å². The summed E-state index contributed by atoms with van der Waals surface area (Å²) in [5.74, 6) is -1.81. The minimum Gasteiger partial charge on any atom is -0.305 e. The van der Waals surface area contributed by atoms with Crippen LogP contribution in [0.2, 0.25) is 10.0 Å². The van der Waals surface area contributed by atoms with E-state index in [2.05, 4.69) is 23.1 Å². The maximum absolute atomic E-state index is 10.00. The van der Waals surface area contributed by atoms with Crippen LogP contribution in [-0.4, -0.2) is 30.2 Å². The van der Waals surface area contributed by atoms with Gasteiger partial charge in [0.15, 0.2) is 5.41 Å². The molecule has 5 nitrogen and oxygen atoms in total. The minimum absolute atomic E-state index is 0.177. The summed E-state index contributed by atoms with van der Waals surface area (Å²) in [4.78, 5) is 2.18. The van der Waals surface area contributed by atoms with E-state index in [1.165, 1.54) is 0 Å². The van der Waals surface area contributed by atoms with Crippen molar-refractivity contribution in [3.05, 3.63) is 45.5 Å². The van der Waals surface area contributed by atoms with E-state index in [1.807, 2.05) is 13.0 Å². The number of halogens is 2. The van der Waals surface area contributed by atoms with Gasteiger partial charge in [0.1, 0.15) is 5.92 Å². The first-order chi connectivity index (χ1) is 12.9. The zero-order valence-corrected chi connectivity index (χ0v) is 16.2. The first-order valence-corrected chi connectivity index (χ1v) is 9.37. The number of hydrogen-bond donors (Lipinski definition) is 1. The van der Waals surface area contributed by atoms with Gasteiger partial charge in [0, 0.05) is 35.0 Å². The van der Waals surface area contributed by atoms with Crippen molar-refractivity contribution in [2.75, 3.05) is 19.6 Å². The van der Waals surface area contributed by atoms with E-state index in [4.69, 9.17) is 28.6 Å². The smallest absolute Gasteiger partial charge is 0.189 e. The fourth-order valence-corrected chi connectivity index (χ4v) is 4.64. The average molecular weight is 398 g/mol. The number of likely N-dealkylation sites (N-methyl/N-ethyl adjacent to an activating group) is 1. The first-order valence-electron chi connectivity index (χ1n) is 8.61. The van der Waals surface area contributed by atoms with Crippen LogP contribution >= 0.6 is 23.2 Å². The molecular weight excluding hydrogens is 381 g/mol. The van der Waals surface area contributed by atoms with Crippen LogP contribution < -0.4 is 0 Å². The second kappa shape index (κ2) is 7.34. The van der Waals surface area contributed by atoms with Crippen LogP contribution in [0.5, 0.6) is 0 Å². The van der Waals surface area contributed by atoms with Crippen LogP contribution in [0, 0.1) is 56.7 Å². The summed E-state index contributed by atoms with van der Waals surface area (Å²) in [6.45, 7) is 4.11. The number of rotatable bonds is 2. The highest BCUT2D eigenvalue weighted by Gasteiger charge is 2.58. The fourth-order valence-electron chi connectivity index (χ4n) is 4.22. The van der Waals surface area contributed by atoms with Gasteiger partial charge in [-0.2, -0.15) is 15.8 Å².